The van der Waals surface area contributed by atoms with Crippen molar-refractivity contribution in [2.24, 2.45) is 0 Å². The lowest BCUT2D eigenvalue weighted by Gasteiger charge is -2.13. The molecule has 0 unspecified atom stereocenters. The summed E-state index contributed by atoms with van der Waals surface area (Å²) in [6.45, 7) is 0. The number of para-hydroxylation sites is 5. The van der Waals surface area contributed by atoms with Crippen LogP contribution in [0.4, 0.5) is 0 Å². The molecule has 0 aliphatic heterocycles. The molecule has 16 aromatic carbocycles. The Morgan fingerprint density at radius 2 is 0.536 bits per heavy atom. The van der Waals surface area contributed by atoms with Gasteiger partial charge in [-0.3, -0.25) is 0 Å². The third-order valence-corrected chi connectivity index (χ3v) is 21.7. The molecule has 0 atom stereocenters. The summed E-state index contributed by atoms with van der Waals surface area (Å²) in [6, 6.07) is 141. The molecule has 524 valence electrons. The second-order valence-corrected chi connectivity index (χ2v) is 28.3. The zero-order valence-corrected chi connectivity index (χ0v) is 60.6. The van der Waals surface area contributed by atoms with E-state index in [2.05, 4.69) is 349 Å². The van der Waals surface area contributed by atoms with E-state index in [0.717, 1.165) is 128 Å². The van der Waals surface area contributed by atoms with E-state index in [1.54, 1.807) is 0 Å². The van der Waals surface area contributed by atoms with E-state index in [4.69, 9.17) is 28.8 Å². The van der Waals surface area contributed by atoms with Crippen LogP contribution in [-0.2, 0) is 0 Å². The molecule has 0 spiro atoms. The Bertz CT molecular complexity index is 7320. The van der Waals surface area contributed by atoms with Crippen molar-refractivity contribution in [3.8, 4) is 123 Å². The molecule has 0 radical (unpaired) electrons. The Balaban J connectivity index is 0.000000141. The number of rotatable bonds is 12. The Kier molecular flexibility index (Phi) is 16.1. The first-order valence-corrected chi connectivity index (χ1v) is 37.8. The molecular weight excluding hydrogens is 1370 g/mol. The van der Waals surface area contributed by atoms with E-state index < -0.39 is 0 Å². The second kappa shape index (κ2) is 27.6. The monoisotopic (exact) mass is 1430 g/mol. The first-order chi connectivity index (χ1) is 55.5. The van der Waals surface area contributed by atoms with Gasteiger partial charge in [-0.2, -0.15) is 0 Å². The number of hydrogen-bond acceptors (Lipinski definition) is 6. The van der Waals surface area contributed by atoms with Crippen LogP contribution >= 0.6 is 0 Å². The number of aromatic nitrogens is 6. The Morgan fingerprint density at radius 1 is 0.205 bits per heavy atom. The van der Waals surface area contributed by atoms with Crippen LogP contribution in [0.3, 0.4) is 0 Å². The normalized spacial score (nSPS) is 11.6. The smallest absolute Gasteiger partial charge is 0.180 e. The fourth-order valence-corrected chi connectivity index (χ4v) is 16.4. The maximum absolute atomic E-state index is 6.75. The lowest BCUT2D eigenvalue weighted by Crippen LogP contribution is -1.95. The molecule has 6 aromatic heterocycles. The highest BCUT2D eigenvalue weighted by molar-refractivity contribution is 6.17. The van der Waals surface area contributed by atoms with E-state index in [1.807, 2.05) is 60.7 Å². The molecule has 0 N–H and O–H groups in total. The van der Waals surface area contributed by atoms with Crippen LogP contribution in [0.25, 0.3) is 211 Å². The molecule has 6 heterocycles. The van der Waals surface area contributed by atoms with Gasteiger partial charge in [0.25, 0.3) is 0 Å². The molecule has 0 saturated heterocycles. The van der Waals surface area contributed by atoms with Crippen molar-refractivity contribution in [3.63, 3.8) is 0 Å². The van der Waals surface area contributed by atoms with Gasteiger partial charge < -0.3 is 18.0 Å². The van der Waals surface area contributed by atoms with E-state index >= 15 is 0 Å². The quantitative estimate of drug-likeness (QED) is 0.121. The third-order valence-electron chi connectivity index (χ3n) is 21.7. The average Bonchev–Trinajstić information content (AvgIpc) is 1.55. The minimum absolute atomic E-state index is 0.659. The standard InChI is InChI=1S/2C52H33N3O/c1-4-15-34(16-5-1)35-29-31-36(32-30-35)48-51-49(54-52(53-48)37-17-6-2-7-18-37)47-41(24-14-28-46(47)56-51)38-19-12-20-39(33-38)42-25-13-26-44-43-23-10-11-27-45(43)55(50(42)44)40-21-8-3-9-22-40;1-4-14-34(15-5-1)35-26-28-36(29-27-35)49-51-50(54-52(53-49)37-16-6-2-7-17-37)48-42(23-13-25-47(48)56-51)40-19-12-18-38(32-40)39-30-31-44-43-22-10-11-24-45(43)55(46(44)33-39)41-20-8-3-9-21-41/h2*1-33H. The first kappa shape index (κ1) is 65.2. The van der Waals surface area contributed by atoms with E-state index in [9.17, 15) is 0 Å². The van der Waals surface area contributed by atoms with Gasteiger partial charge in [0.1, 0.15) is 33.6 Å². The van der Waals surface area contributed by atoms with Crippen molar-refractivity contribution in [3.05, 3.63) is 400 Å². The van der Waals surface area contributed by atoms with Crippen LogP contribution in [0.2, 0.25) is 0 Å². The SMILES string of the molecule is c1ccc(-c2ccc(-c3nc(-c4ccccc4)nc4c3oc3cccc(-c5cccc(-c6ccc7c8ccccc8n(-c8ccccc8)c7c6)c5)c34)cc2)cc1.c1ccc(-c2ccc(-c3nc(-c4ccccc4)nc4c3oc3cccc(-c5cccc(-c6cccc7c8ccccc8n(-c8ccccc8)c67)c5)c34)cc2)cc1. The van der Waals surface area contributed by atoms with Crippen LogP contribution in [0.1, 0.15) is 0 Å². The molecule has 0 saturated carbocycles. The largest absolute Gasteiger partial charge is 0.452 e. The molecular formula is C104H66N6O2. The molecule has 0 aliphatic rings. The number of furan rings is 2. The van der Waals surface area contributed by atoms with E-state index in [1.165, 1.54) is 60.3 Å². The van der Waals surface area contributed by atoms with Gasteiger partial charge in [0.05, 0.1) is 32.8 Å². The van der Waals surface area contributed by atoms with Gasteiger partial charge in [-0.1, -0.05) is 334 Å². The molecule has 8 nitrogen and oxygen atoms in total. The second-order valence-electron chi connectivity index (χ2n) is 28.3. The lowest BCUT2D eigenvalue weighted by molar-refractivity contribution is 0.667. The molecule has 22 rings (SSSR count). The highest BCUT2D eigenvalue weighted by atomic mass is 16.3. The fourth-order valence-electron chi connectivity index (χ4n) is 16.4. The zero-order chi connectivity index (χ0) is 74.0. The number of hydrogen-bond donors (Lipinski definition) is 0. The molecule has 0 bridgehead atoms. The summed E-state index contributed by atoms with van der Waals surface area (Å²) >= 11 is 0. The molecule has 0 amide bonds. The van der Waals surface area contributed by atoms with Crippen LogP contribution < -0.4 is 0 Å². The van der Waals surface area contributed by atoms with E-state index in [-0.39, 0.29) is 0 Å². The van der Waals surface area contributed by atoms with Crippen LogP contribution in [0.5, 0.6) is 0 Å². The van der Waals surface area contributed by atoms with Crippen molar-refractivity contribution in [1.82, 2.24) is 29.1 Å². The van der Waals surface area contributed by atoms with Crippen molar-refractivity contribution >= 4 is 87.7 Å². The summed E-state index contributed by atoms with van der Waals surface area (Å²) in [6.07, 6.45) is 0. The molecule has 0 fully saturated rings. The van der Waals surface area contributed by atoms with E-state index in [0.29, 0.717) is 22.8 Å². The van der Waals surface area contributed by atoms with Gasteiger partial charge in [0, 0.05) is 60.7 Å². The minimum Gasteiger partial charge on any atom is -0.452 e. The van der Waals surface area contributed by atoms with Crippen LogP contribution in [-0.4, -0.2) is 29.1 Å². The van der Waals surface area contributed by atoms with Gasteiger partial charge in [-0.15, -0.1) is 0 Å². The third kappa shape index (κ3) is 11.5. The Hall–Kier alpha value is -15.1. The molecule has 0 aliphatic carbocycles. The maximum Gasteiger partial charge on any atom is 0.180 e. The predicted molar refractivity (Wildman–Crippen MR) is 462 cm³/mol. The molecule has 112 heavy (non-hydrogen) atoms. The maximum atomic E-state index is 6.75. The summed E-state index contributed by atoms with van der Waals surface area (Å²) in [4.78, 5) is 20.8. The summed E-state index contributed by atoms with van der Waals surface area (Å²) < 4.78 is 18.2. The molecule has 22 aromatic rings. The highest BCUT2D eigenvalue weighted by Gasteiger charge is 2.25. The van der Waals surface area contributed by atoms with Crippen LogP contribution in [0, 0.1) is 0 Å². The summed E-state index contributed by atoms with van der Waals surface area (Å²) in [5.41, 5.74) is 30.4. The summed E-state index contributed by atoms with van der Waals surface area (Å²) in [5.74, 6) is 1.32. The van der Waals surface area contributed by atoms with Crippen molar-refractivity contribution in [2.45, 2.75) is 0 Å². The van der Waals surface area contributed by atoms with Crippen molar-refractivity contribution < 1.29 is 8.83 Å². The average molecular weight is 1430 g/mol. The fraction of sp³-hybridized carbons (Fsp3) is 0. The minimum atomic E-state index is 0.659. The number of nitrogens with zero attached hydrogens (tertiary/aromatic N) is 6. The predicted octanol–water partition coefficient (Wildman–Crippen LogP) is 27.6. The lowest BCUT2D eigenvalue weighted by atomic mass is 9.95. The Labute approximate surface area is 645 Å². The number of benzene rings is 16. The van der Waals surface area contributed by atoms with Crippen molar-refractivity contribution in [1.29, 1.82) is 0 Å². The first-order valence-electron chi connectivity index (χ1n) is 37.8. The Morgan fingerprint density at radius 3 is 1.04 bits per heavy atom. The van der Waals surface area contributed by atoms with Gasteiger partial charge in [0.15, 0.2) is 22.8 Å². The summed E-state index contributed by atoms with van der Waals surface area (Å²) in [5, 5.41) is 6.88. The van der Waals surface area contributed by atoms with Crippen LogP contribution in [0.15, 0.2) is 409 Å². The molecule has 8 heteroatoms. The number of fused-ring (bicyclic) bond motifs is 12. The van der Waals surface area contributed by atoms with Gasteiger partial charge in [-0.25, -0.2) is 19.9 Å². The summed E-state index contributed by atoms with van der Waals surface area (Å²) in [7, 11) is 0. The van der Waals surface area contributed by atoms with Gasteiger partial charge in [0.2, 0.25) is 0 Å². The van der Waals surface area contributed by atoms with Gasteiger partial charge >= 0.3 is 0 Å². The highest BCUT2D eigenvalue weighted by Crippen LogP contribution is 2.46. The van der Waals surface area contributed by atoms with Crippen molar-refractivity contribution in [2.75, 3.05) is 0 Å². The van der Waals surface area contributed by atoms with Gasteiger partial charge in [-0.05, 0) is 128 Å². The topological polar surface area (TPSA) is 87.7 Å². The zero-order valence-electron chi connectivity index (χ0n) is 60.6.